The number of aryl methyl sites for hydroxylation is 1. The van der Waals surface area contributed by atoms with Crippen molar-refractivity contribution in [2.45, 2.75) is 6.92 Å². The number of nitrogens with zero attached hydrogens (tertiary/aromatic N) is 6. The van der Waals surface area contributed by atoms with Crippen molar-refractivity contribution in [2.24, 2.45) is 0 Å². The van der Waals surface area contributed by atoms with Gasteiger partial charge in [0, 0.05) is 64.0 Å². The predicted octanol–water partition coefficient (Wildman–Crippen LogP) is 1.64. The van der Waals surface area contributed by atoms with Gasteiger partial charge in [0.05, 0.1) is 0 Å². The molecule has 8 heteroatoms. The fraction of sp³-hybridized carbons (Fsp3) is 0.476. The lowest BCUT2D eigenvalue weighted by atomic mass is 10.1. The van der Waals surface area contributed by atoms with Crippen LogP contribution in [0.15, 0.2) is 30.3 Å². The molecule has 0 atom stereocenters. The van der Waals surface area contributed by atoms with Crippen LogP contribution in [0.4, 0.5) is 16.0 Å². The number of hydrogen-bond donors (Lipinski definition) is 0. The Kier molecular flexibility index (Phi) is 5.62. The van der Waals surface area contributed by atoms with Crippen LogP contribution in [0, 0.1) is 12.7 Å². The van der Waals surface area contributed by atoms with Gasteiger partial charge in [0.1, 0.15) is 23.3 Å². The number of carbonyl (C=O) groups is 1. The molecule has 0 radical (unpaired) electrons. The molecular formula is C21H27FN6O. The summed E-state index contributed by atoms with van der Waals surface area (Å²) in [4.78, 5) is 30.5. The minimum Gasteiger partial charge on any atom is -0.354 e. The summed E-state index contributed by atoms with van der Waals surface area (Å²) in [5.41, 5.74) is 0.397. The average Bonchev–Trinajstić information content (AvgIpc) is 2.73. The monoisotopic (exact) mass is 398 g/mol. The lowest BCUT2D eigenvalue weighted by Crippen LogP contribution is -2.49. The molecular weight excluding hydrogens is 371 g/mol. The summed E-state index contributed by atoms with van der Waals surface area (Å²) in [6.07, 6.45) is 0. The van der Waals surface area contributed by atoms with Gasteiger partial charge in [-0.05, 0) is 32.2 Å². The van der Waals surface area contributed by atoms with Crippen LogP contribution in [0.25, 0.3) is 0 Å². The third-order valence-electron chi connectivity index (χ3n) is 5.60. The van der Waals surface area contributed by atoms with Crippen molar-refractivity contribution < 1.29 is 9.18 Å². The molecule has 1 aromatic heterocycles. The number of hydrogen-bond acceptors (Lipinski definition) is 6. The lowest BCUT2D eigenvalue weighted by molar-refractivity contribution is 0.0746. The maximum absolute atomic E-state index is 13.4. The van der Waals surface area contributed by atoms with Crippen molar-refractivity contribution >= 4 is 17.5 Å². The Morgan fingerprint density at radius 1 is 0.897 bits per heavy atom. The second kappa shape index (κ2) is 8.32. The van der Waals surface area contributed by atoms with Crippen molar-refractivity contribution in [3.63, 3.8) is 0 Å². The summed E-state index contributed by atoms with van der Waals surface area (Å²) in [5, 5.41) is 0. The minimum absolute atomic E-state index is 0.124. The molecule has 2 aromatic rings. The number of rotatable bonds is 3. The quantitative estimate of drug-likeness (QED) is 0.784. The summed E-state index contributed by atoms with van der Waals surface area (Å²) in [6.45, 7) is 8.46. The highest BCUT2D eigenvalue weighted by Crippen LogP contribution is 2.22. The first-order valence-electron chi connectivity index (χ1n) is 10.1. The molecule has 2 saturated heterocycles. The first kappa shape index (κ1) is 19.6. The summed E-state index contributed by atoms with van der Waals surface area (Å²) in [5.74, 6) is 2.13. The fourth-order valence-electron chi connectivity index (χ4n) is 3.84. The third kappa shape index (κ3) is 4.48. The Balaban J connectivity index is 1.42. The van der Waals surface area contributed by atoms with Crippen LogP contribution in [0.1, 0.15) is 16.2 Å². The van der Waals surface area contributed by atoms with Crippen LogP contribution < -0.4 is 9.80 Å². The number of likely N-dealkylation sites (N-methyl/N-ethyl adjacent to an activating group) is 1. The second-order valence-electron chi connectivity index (χ2n) is 7.71. The van der Waals surface area contributed by atoms with E-state index in [2.05, 4.69) is 37.8 Å². The summed E-state index contributed by atoms with van der Waals surface area (Å²) in [7, 11) is 2.14. The van der Waals surface area contributed by atoms with E-state index in [1.165, 1.54) is 12.1 Å². The molecule has 2 aliphatic heterocycles. The molecule has 0 N–H and O–H groups in total. The zero-order valence-corrected chi connectivity index (χ0v) is 17.0. The second-order valence-corrected chi connectivity index (χ2v) is 7.71. The summed E-state index contributed by atoms with van der Waals surface area (Å²) < 4.78 is 13.4. The highest BCUT2D eigenvalue weighted by molar-refractivity contribution is 5.94. The van der Waals surface area contributed by atoms with Gasteiger partial charge in [0.25, 0.3) is 5.91 Å². The molecule has 1 amide bonds. The van der Waals surface area contributed by atoms with E-state index in [0.29, 0.717) is 31.7 Å². The van der Waals surface area contributed by atoms with E-state index in [9.17, 15) is 9.18 Å². The average molecular weight is 398 g/mol. The fourth-order valence-corrected chi connectivity index (χ4v) is 3.84. The molecule has 0 bridgehead atoms. The maximum atomic E-state index is 13.4. The van der Waals surface area contributed by atoms with Gasteiger partial charge >= 0.3 is 0 Å². The largest absolute Gasteiger partial charge is 0.354 e. The minimum atomic E-state index is -0.387. The third-order valence-corrected chi connectivity index (χ3v) is 5.60. The molecule has 2 aliphatic rings. The van der Waals surface area contributed by atoms with Gasteiger partial charge in [-0.15, -0.1) is 0 Å². The Morgan fingerprint density at radius 2 is 1.48 bits per heavy atom. The molecule has 29 heavy (non-hydrogen) atoms. The SMILES string of the molecule is Cc1nc(N2CCN(C)CC2)cc(N2CCN(C(=O)c3cccc(F)c3)CC2)n1. The number of benzene rings is 1. The Hall–Kier alpha value is -2.74. The highest BCUT2D eigenvalue weighted by Gasteiger charge is 2.24. The number of anilines is 2. The number of piperazine rings is 2. The lowest BCUT2D eigenvalue weighted by Gasteiger charge is -2.37. The van der Waals surface area contributed by atoms with Crippen LogP contribution >= 0.6 is 0 Å². The molecule has 0 unspecified atom stereocenters. The van der Waals surface area contributed by atoms with Gasteiger partial charge in [-0.2, -0.15) is 0 Å². The topological polar surface area (TPSA) is 55.8 Å². The predicted molar refractivity (Wildman–Crippen MR) is 111 cm³/mol. The van der Waals surface area contributed by atoms with Crippen molar-refractivity contribution in [1.82, 2.24) is 19.8 Å². The normalized spacial score (nSPS) is 18.2. The van der Waals surface area contributed by atoms with Crippen LogP contribution in [0.3, 0.4) is 0 Å². The molecule has 1 aromatic carbocycles. The van der Waals surface area contributed by atoms with Crippen LogP contribution in [-0.2, 0) is 0 Å². The summed E-state index contributed by atoms with van der Waals surface area (Å²) >= 11 is 0. The maximum Gasteiger partial charge on any atom is 0.254 e. The smallest absolute Gasteiger partial charge is 0.254 e. The van der Waals surface area contributed by atoms with Crippen LogP contribution in [0.5, 0.6) is 0 Å². The van der Waals surface area contributed by atoms with Gasteiger partial charge < -0.3 is 19.6 Å². The van der Waals surface area contributed by atoms with E-state index in [0.717, 1.165) is 43.6 Å². The van der Waals surface area contributed by atoms with Gasteiger partial charge in [0.15, 0.2) is 0 Å². The van der Waals surface area contributed by atoms with Gasteiger partial charge in [0.2, 0.25) is 0 Å². The van der Waals surface area contributed by atoms with E-state index in [4.69, 9.17) is 0 Å². The van der Waals surface area contributed by atoms with E-state index in [1.807, 2.05) is 6.92 Å². The van der Waals surface area contributed by atoms with Gasteiger partial charge in [-0.1, -0.05) is 6.07 Å². The number of carbonyl (C=O) groups excluding carboxylic acids is 1. The highest BCUT2D eigenvalue weighted by atomic mass is 19.1. The molecule has 4 rings (SSSR count). The van der Waals surface area contributed by atoms with E-state index in [-0.39, 0.29) is 11.7 Å². The molecule has 0 aliphatic carbocycles. The first-order chi connectivity index (χ1) is 14.0. The zero-order chi connectivity index (χ0) is 20.4. The Bertz CT molecular complexity index is 875. The van der Waals surface area contributed by atoms with Crippen LogP contribution in [-0.4, -0.2) is 85.1 Å². The summed E-state index contributed by atoms with van der Waals surface area (Å²) in [6, 6.07) is 7.94. The molecule has 0 spiro atoms. The molecule has 0 saturated carbocycles. The molecule has 7 nitrogen and oxygen atoms in total. The molecule has 3 heterocycles. The van der Waals surface area contributed by atoms with Crippen molar-refractivity contribution in [3.05, 3.63) is 47.5 Å². The zero-order valence-electron chi connectivity index (χ0n) is 17.0. The van der Waals surface area contributed by atoms with Gasteiger partial charge in [-0.25, -0.2) is 14.4 Å². The van der Waals surface area contributed by atoms with E-state index in [1.54, 1.807) is 17.0 Å². The van der Waals surface area contributed by atoms with Crippen molar-refractivity contribution in [2.75, 3.05) is 69.2 Å². The Morgan fingerprint density at radius 3 is 2.07 bits per heavy atom. The first-order valence-corrected chi connectivity index (χ1v) is 10.1. The number of aromatic nitrogens is 2. The molecule has 154 valence electrons. The Labute approximate surface area is 170 Å². The van der Waals surface area contributed by atoms with Gasteiger partial charge in [-0.3, -0.25) is 4.79 Å². The van der Waals surface area contributed by atoms with E-state index < -0.39 is 0 Å². The molecule has 2 fully saturated rings. The van der Waals surface area contributed by atoms with Crippen molar-refractivity contribution in [3.8, 4) is 0 Å². The van der Waals surface area contributed by atoms with Crippen LogP contribution in [0.2, 0.25) is 0 Å². The number of amides is 1. The van der Waals surface area contributed by atoms with E-state index >= 15 is 0 Å². The standard InChI is InChI=1S/C21H27FN6O/c1-16-23-19(26-8-6-25(2)7-9-26)15-20(24-16)27-10-12-28(13-11-27)21(29)17-4-3-5-18(22)14-17/h3-5,14-15H,6-13H2,1-2H3. The van der Waals surface area contributed by atoms with Crippen molar-refractivity contribution in [1.29, 1.82) is 0 Å². The number of halogens is 1.